The van der Waals surface area contributed by atoms with Gasteiger partial charge in [-0.1, -0.05) is 25.1 Å². The Morgan fingerprint density at radius 1 is 1.19 bits per heavy atom. The zero-order valence-corrected chi connectivity index (χ0v) is 14.4. The van der Waals surface area contributed by atoms with Crippen LogP contribution in [0.25, 0.3) is 10.9 Å². The molecule has 0 saturated carbocycles. The van der Waals surface area contributed by atoms with E-state index in [-0.39, 0.29) is 6.42 Å². The number of carbonyl (C=O) groups is 1. The quantitative estimate of drug-likeness (QED) is 0.435. The summed E-state index contributed by atoms with van der Waals surface area (Å²) >= 11 is 0. The number of nitrogens with one attached hydrogen (secondary N) is 1. The summed E-state index contributed by atoms with van der Waals surface area (Å²) in [5.74, 6) is -0.791. The third kappa shape index (κ3) is 3.96. The number of rotatable bonds is 4. The fourth-order valence-corrected chi connectivity index (χ4v) is 2.90. The molecule has 1 aromatic carbocycles. The number of aliphatic hydroxyl groups is 5. The molecule has 144 valence electrons. The average molecular weight is 367 g/mol. The van der Waals surface area contributed by atoms with Crippen molar-refractivity contribution in [3.8, 4) is 0 Å². The Kier molecular flexibility index (Phi) is 6.87. The second kappa shape index (κ2) is 8.72. The molecule has 6 N–H and O–H groups in total. The zero-order chi connectivity index (χ0) is 19.3. The monoisotopic (exact) mass is 367 g/mol. The standard InChI is InChI=1S/C10H18O7.C8H7N/c1-2-3-6(12)10(16)7(13)5(4-11)17-9(15)8(10)14;1-2-4-8-7(3-1)5-6-9-8/h5,7-9,11,13-16H,2-4H2,1H3;1-6,9H. The number of aromatic amines is 1. The minimum absolute atomic E-state index is 0.0600. The summed E-state index contributed by atoms with van der Waals surface area (Å²) in [7, 11) is 0. The van der Waals surface area contributed by atoms with Gasteiger partial charge >= 0.3 is 0 Å². The molecule has 1 aromatic heterocycles. The lowest BCUT2D eigenvalue weighted by Crippen LogP contribution is -2.70. The second-order valence-electron chi connectivity index (χ2n) is 6.20. The van der Waals surface area contributed by atoms with Gasteiger partial charge in [-0.05, 0) is 23.9 Å². The molecule has 1 saturated heterocycles. The first-order valence-electron chi connectivity index (χ1n) is 8.44. The number of ketones is 1. The predicted molar refractivity (Wildman–Crippen MR) is 93.1 cm³/mol. The predicted octanol–water partition coefficient (Wildman–Crippen LogP) is -0.314. The number of fused-ring (bicyclic) bond motifs is 1. The number of Topliss-reactive ketones (excluding diaryl/α,β-unsaturated/α-hetero) is 1. The Morgan fingerprint density at radius 3 is 2.50 bits per heavy atom. The van der Waals surface area contributed by atoms with Crippen molar-refractivity contribution in [3.05, 3.63) is 36.5 Å². The molecule has 2 aromatic rings. The summed E-state index contributed by atoms with van der Waals surface area (Å²) in [5, 5.41) is 48.9. The van der Waals surface area contributed by atoms with Crippen molar-refractivity contribution in [2.75, 3.05) is 6.61 Å². The van der Waals surface area contributed by atoms with Gasteiger partial charge in [-0.3, -0.25) is 4.79 Å². The maximum absolute atomic E-state index is 11.7. The van der Waals surface area contributed by atoms with Crippen LogP contribution in [0.15, 0.2) is 36.5 Å². The number of para-hydroxylation sites is 1. The lowest BCUT2D eigenvalue weighted by Gasteiger charge is -2.45. The highest BCUT2D eigenvalue weighted by Gasteiger charge is 2.58. The molecule has 0 amide bonds. The highest BCUT2D eigenvalue weighted by molar-refractivity contribution is 5.88. The highest BCUT2D eigenvalue weighted by atomic mass is 16.6. The molecule has 8 heteroatoms. The molecule has 1 fully saturated rings. The number of aliphatic hydroxyl groups excluding tert-OH is 4. The first-order valence-corrected chi connectivity index (χ1v) is 8.44. The van der Waals surface area contributed by atoms with Crippen molar-refractivity contribution in [1.29, 1.82) is 0 Å². The Hall–Kier alpha value is -1.81. The van der Waals surface area contributed by atoms with Gasteiger partial charge in [0.25, 0.3) is 0 Å². The van der Waals surface area contributed by atoms with Crippen LogP contribution in [-0.4, -0.2) is 73.1 Å². The van der Waals surface area contributed by atoms with Gasteiger partial charge in [0.1, 0.15) is 18.3 Å². The van der Waals surface area contributed by atoms with Crippen LogP contribution in [0.1, 0.15) is 19.8 Å². The summed E-state index contributed by atoms with van der Waals surface area (Å²) in [6.07, 6.45) is -4.58. The fourth-order valence-electron chi connectivity index (χ4n) is 2.90. The lowest BCUT2D eigenvalue weighted by molar-refractivity contribution is -0.311. The van der Waals surface area contributed by atoms with Crippen LogP contribution >= 0.6 is 0 Å². The maximum Gasteiger partial charge on any atom is 0.184 e. The fraction of sp³-hybridized carbons (Fsp3) is 0.500. The van der Waals surface area contributed by atoms with E-state index < -0.39 is 42.6 Å². The summed E-state index contributed by atoms with van der Waals surface area (Å²) in [6, 6.07) is 10.3. The van der Waals surface area contributed by atoms with Crippen LogP contribution in [0.2, 0.25) is 0 Å². The second-order valence-corrected chi connectivity index (χ2v) is 6.20. The summed E-state index contributed by atoms with van der Waals surface area (Å²) in [6.45, 7) is 1.01. The Labute approximate surface area is 150 Å². The van der Waals surface area contributed by atoms with Gasteiger partial charge in [0.2, 0.25) is 0 Å². The molecule has 0 bridgehead atoms. The summed E-state index contributed by atoms with van der Waals surface area (Å²) in [5.41, 5.74) is -1.31. The minimum Gasteiger partial charge on any atom is -0.394 e. The van der Waals surface area contributed by atoms with Crippen LogP contribution < -0.4 is 0 Å². The Bertz CT molecular complexity index is 688. The molecule has 1 aliphatic rings. The number of hydrogen-bond donors (Lipinski definition) is 6. The van der Waals surface area contributed by atoms with E-state index in [9.17, 15) is 25.2 Å². The van der Waals surface area contributed by atoms with Crippen LogP contribution in [0.5, 0.6) is 0 Å². The van der Waals surface area contributed by atoms with E-state index >= 15 is 0 Å². The number of H-pyrrole nitrogens is 1. The van der Waals surface area contributed by atoms with E-state index in [2.05, 4.69) is 27.9 Å². The number of benzene rings is 1. The molecule has 5 atom stereocenters. The van der Waals surface area contributed by atoms with Gasteiger partial charge in [-0.25, -0.2) is 0 Å². The van der Waals surface area contributed by atoms with Crippen LogP contribution in [-0.2, 0) is 9.53 Å². The Morgan fingerprint density at radius 2 is 1.88 bits per heavy atom. The smallest absolute Gasteiger partial charge is 0.184 e. The third-order valence-electron chi connectivity index (χ3n) is 4.40. The van der Waals surface area contributed by atoms with Crippen LogP contribution in [0.4, 0.5) is 0 Å². The molecular weight excluding hydrogens is 342 g/mol. The molecule has 2 heterocycles. The van der Waals surface area contributed by atoms with Crippen molar-refractivity contribution >= 4 is 16.7 Å². The number of hydrogen-bond acceptors (Lipinski definition) is 7. The van der Waals surface area contributed by atoms with E-state index in [0.717, 1.165) is 0 Å². The van der Waals surface area contributed by atoms with E-state index in [4.69, 9.17) is 5.11 Å². The van der Waals surface area contributed by atoms with E-state index in [1.807, 2.05) is 18.3 Å². The van der Waals surface area contributed by atoms with Crippen molar-refractivity contribution in [2.24, 2.45) is 0 Å². The van der Waals surface area contributed by atoms with E-state index in [0.29, 0.717) is 6.42 Å². The van der Waals surface area contributed by atoms with Gasteiger partial charge in [-0.15, -0.1) is 0 Å². The number of carbonyl (C=O) groups excluding carboxylic acids is 1. The first kappa shape index (κ1) is 20.5. The van der Waals surface area contributed by atoms with Gasteiger partial charge < -0.3 is 35.3 Å². The molecular formula is C18H25NO7. The summed E-state index contributed by atoms with van der Waals surface area (Å²) < 4.78 is 4.68. The van der Waals surface area contributed by atoms with Gasteiger partial charge in [0.15, 0.2) is 17.7 Å². The van der Waals surface area contributed by atoms with Crippen LogP contribution in [0.3, 0.4) is 0 Å². The molecule has 0 spiro atoms. The molecule has 8 nitrogen and oxygen atoms in total. The van der Waals surface area contributed by atoms with Crippen molar-refractivity contribution in [3.63, 3.8) is 0 Å². The average Bonchev–Trinajstić information content (AvgIpc) is 3.12. The van der Waals surface area contributed by atoms with Gasteiger partial charge in [0, 0.05) is 18.1 Å². The SMILES string of the molecule is CCCC(=O)C1(O)C(O)C(O)OC(CO)C1O.c1ccc2[nH]ccc2c1. The van der Waals surface area contributed by atoms with Crippen molar-refractivity contribution in [2.45, 2.75) is 50.0 Å². The normalized spacial score (nSPS) is 31.3. The molecule has 5 unspecified atom stereocenters. The first-order chi connectivity index (χ1) is 12.4. The molecule has 26 heavy (non-hydrogen) atoms. The van der Waals surface area contributed by atoms with E-state index in [1.165, 1.54) is 10.9 Å². The van der Waals surface area contributed by atoms with Crippen LogP contribution in [0, 0.1) is 0 Å². The number of ether oxygens (including phenoxy) is 1. The molecule has 0 aliphatic carbocycles. The van der Waals surface area contributed by atoms with Gasteiger partial charge in [0.05, 0.1) is 6.61 Å². The zero-order valence-electron chi connectivity index (χ0n) is 14.4. The van der Waals surface area contributed by atoms with Crippen molar-refractivity contribution in [1.82, 2.24) is 4.98 Å². The molecule has 1 aliphatic heterocycles. The van der Waals surface area contributed by atoms with Crippen molar-refractivity contribution < 1.29 is 35.1 Å². The topological polar surface area (TPSA) is 143 Å². The lowest BCUT2D eigenvalue weighted by atomic mass is 9.79. The largest absolute Gasteiger partial charge is 0.394 e. The number of aromatic nitrogens is 1. The molecule has 3 rings (SSSR count). The van der Waals surface area contributed by atoms with Gasteiger partial charge in [-0.2, -0.15) is 0 Å². The maximum atomic E-state index is 11.7. The molecule has 0 radical (unpaired) electrons. The van der Waals surface area contributed by atoms with E-state index in [1.54, 1.807) is 6.92 Å². The third-order valence-corrected chi connectivity index (χ3v) is 4.40. The highest BCUT2D eigenvalue weighted by Crippen LogP contribution is 2.31. The Balaban J connectivity index is 0.000000223. The minimum atomic E-state index is -2.51. The summed E-state index contributed by atoms with van der Waals surface area (Å²) in [4.78, 5) is 14.8.